The van der Waals surface area contributed by atoms with Gasteiger partial charge in [-0.05, 0) is 68.5 Å². The number of alkyl halides is 2. The third kappa shape index (κ3) is 5.43. The summed E-state index contributed by atoms with van der Waals surface area (Å²) in [5.41, 5.74) is 0.177. The summed E-state index contributed by atoms with van der Waals surface area (Å²) in [4.78, 5) is 31.9. The summed E-state index contributed by atoms with van der Waals surface area (Å²) in [5, 5.41) is 0. The van der Waals surface area contributed by atoms with Crippen molar-refractivity contribution in [2.75, 3.05) is 12.8 Å². The number of amides is 1. The van der Waals surface area contributed by atoms with Crippen LogP contribution in [0, 0.1) is 6.92 Å². The fourth-order valence-corrected chi connectivity index (χ4v) is 5.19. The molecule has 0 atom stereocenters. The van der Waals surface area contributed by atoms with E-state index in [1.54, 1.807) is 32.7 Å². The van der Waals surface area contributed by atoms with Crippen molar-refractivity contribution in [1.82, 2.24) is 14.5 Å². The summed E-state index contributed by atoms with van der Waals surface area (Å²) < 4.78 is 55.6. The lowest BCUT2D eigenvalue weighted by atomic mass is 10.0. The SMILES string of the molecule is CC/C(=C\c1cc(C(C)(F)F)n(CC)c(=O)c1C)c1nc(C(=O)N(C)C2CC2)ccc1S(=O)(=O)CC. The van der Waals surface area contributed by atoms with Crippen LogP contribution in [0.3, 0.4) is 0 Å². The number of carbonyl (C=O) groups excluding carboxylic acids is 1. The molecule has 1 aliphatic carbocycles. The zero-order valence-electron chi connectivity index (χ0n) is 21.6. The van der Waals surface area contributed by atoms with Gasteiger partial charge in [0.25, 0.3) is 17.4 Å². The average molecular weight is 522 g/mol. The Morgan fingerprint density at radius 1 is 1.25 bits per heavy atom. The Labute approximate surface area is 210 Å². The zero-order chi connectivity index (χ0) is 27.0. The third-order valence-corrected chi connectivity index (χ3v) is 8.33. The van der Waals surface area contributed by atoms with Gasteiger partial charge >= 0.3 is 0 Å². The highest BCUT2D eigenvalue weighted by Crippen LogP contribution is 2.32. The average Bonchev–Trinajstić information content (AvgIpc) is 3.68. The molecule has 1 saturated carbocycles. The highest BCUT2D eigenvalue weighted by molar-refractivity contribution is 7.91. The Hall–Kier alpha value is -2.88. The molecule has 1 aliphatic rings. The van der Waals surface area contributed by atoms with Crippen LogP contribution in [-0.2, 0) is 22.3 Å². The van der Waals surface area contributed by atoms with E-state index in [2.05, 4.69) is 4.98 Å². The first-order valence-electron chi connectivity index (χ1n) is 12.1. The van der Waals surface area contributed by atoms with Gasteiger partial charge in [0, 0.05) is 32.1 Å². The maximum atomic E-state index is 14.4. The Balaban J connectivity index is 2.27. The van der Waals surface area contributed by atoms with Gasteiger partial charge in [-0.2, -0.15) is 0 Å². The molecule has 0 aromatic carbocycles. The molecular weight excluding hydrogens is 488 g/mol. The van der Waals surface area contributed by atoms with Crippen molar-refractivity contribution in [3.05, 3.63) is 56.8 Å². The molecule has 2 heterocycles. The molecular formula is C26H33F2N3O4S. The van der Waals surface area contributed by atoms with Crippen LogP contribution >= 0.6 is 0 Å². The van der Waals surface area contributed by atoms with Crippen LogP contribution in [0.15, 0.2) is 27.9 Å². The number of rotatable bonds is 9. The van der Waals surface area contributed by atoms with Crippen molar-refractivity contribution in [2.45, 2.75) is 77.3 Å². The standard InChI is InChI=1S/C26H33F2N3O4S/c1-7-17(14-18-15-22(26(5,27)28)31(8-2)24(32)16(18)4)23-21(36(34,35)9-3)13-12-20(29-23)25(33)30(6)19-10-11-19/h12-15,19H,7-11H2,1-6H3/b17-14+. The minimum absolute atomic E-state index is 0.0377. The van der Waals surface area contributed by atoms with Gasteiger partial charge < -0.3 is 9.47 Å². The Bertz CT molecular complexity index is 1370. The Kier molecular flexibility index (Phi) is 7.88. The summed E-state index contributed by atoms with van der Waals surface area (Å²) in [7, 11) is -2.03. The second-order valence-electron chi connectivity index (χ2n) is 9.16. The smallest absolute Gasteiger partial charge is 0.285 e. The van der Waals surface area contributed by atoms with Crippen LogP contribution in [0.1, 0.15) is 80.0 Å². The Morgan fingerprint density at radius 2 is 1.89 bits per heavy atom. The predicted molar refractivity (Wildman–Crippen MR) is 136 cm³/mol. The Morgan fingerprint density at radius 3 is 2.39 bits per heavy atom. The molecule has 0 spiro atoms. The molecule has 1 amide bonds. The molecule has 0 unspecified atom stereocenters. The van der Waals surface area contributed by atoms with Crippen LogP contribution in [0.5, 0.6) is 0 Å². The fraction of sp³-hybridized carbons (Fsp3) is 0.500. The van der Waals surface area contributed by atoms with Crippen molar-refractivity contribution >= 4 is 27.4 Å². The summed E-state index contributed by atoms with van der Waals surface area (Å²) in [6, 6.07) is 4.19. The van der Waals surface area contributed by atoms with Gasteiger partial charge in [0.2, 0.25) is 0 Å². The number of hydrogen-bond acceptors (Lipinski definition) is 5. The summed E-state index contributed by atoms with van der Waals surface area (Å²) in [6.45, 7) is 7.28. The van der Waals surface area contributed by atoms with Gasteiger partial charge in [0.1, 0.15) is 5.69 Å². The normalized spacial score (nSPS) is 14.7. The minimum atomic E-state index is -3.72. The number of allylic oxidation sites excluding steroid dienone is 1. The number of aromatic nitrogens is 2. The first-order chi connectivity index (χ1) is 16.8. The highest BCUT2D eigenvalue weighted by Gasteiger charge is 2.32. The predicted octanol–water partition coefficient (Wildman–Crippen LogP) is 4.66. The van der Waals surface area contributed by atoms with Crippen LogP contribution in [0.25, 0.3) is 11.6 Å². The van der Waals surface area contributed by atoms with E-state index in [0.29, 0.717) is 12.0 Å². The van der Waals surface area contributed by atoms with Crippen LogP contribution in [-0.4, -0.2) is 47.6 Å². The van der Waals surface area contributed by atoms with Gasteiger partial charge in [0.05, 0.1) is 22.0 Å². The van der Waals surface area contributed by atoms with Crippen molar-refractivity contribution in [1.29, 1.82) is 0 Å². The minimum Gasteiger partial charge on any atom is -0.337 e. The van der Waals surface area contributed by atoms with E-state index in [9.17, 15) is 26.8 Å². The second-order valence-corrected chi connectivity index (χ2v) is 11.4. The molecule has 36 heavy (non-hydrogen) atoms. The van der Waals surface area contributed by atoms with Gasteiger partial charge in [-0.15, -0.1) is 0 Å². The maximum Gasteiger partial charge on any atom is 0.285 e. The molecule has 196 valence electrons. The molecule has 2 aromatic heterocycles. The van der Waals surface area contributed by atoms with Crippen LogP contribution in [0.2, 0.25) is 0 Å². The molecule has 2 aromatic rings. The molecule has 0 aliphatic heterocycles. The topological polar surface area (TPSA) is 89.3 Å². The van der Waals surface area contributed by atoms with E-state index < -0.39 is 27.0 Å². The zero-order valence-corrected chi connectivity index (χ0v) is 22.4. The largest absolute Gasteiger partial charge is 0.337 e. The number of pyridine rings is 2. The lowest BCUT2D eigenvalue weighted by Crippen LogP contribution is -2.30. The van der Waals surface area contributed by atoms with Gasteiger partial charge in [-0.25, -0.2) is 22.2 Å². The molecule has 10 heteroatoms. The first-order valence-corrected chi connectivity index (χ1v) is 13.8. The second kappa shape index (κ2) is 10.2. The molecule has 0 saturated heterocycles. The number of hydrogen-bond donors (Lipinski definition) is 0. The lowest BCUT2D eigenvalue weighted by molar-refractivity contribution is 0.00794. The maximum absolute atomic E-state index is 14.4. The summed E-state index contributed by atoms with van der Waals surface area (Å²) >= 11 is 0. The fourth-order valence-electron chi connectivity index (χ4n) is 4.13. The number of carbonyl (C=O) groups is 1. The summed E-state index contributed by atoms with van der Waals surface area (Å²) in [5.74, 6) is -3.75. The van der Waals surface area contributed by atoms with Crippen molar-refractivity contribution in [2.24, 2.45) is 0 Å². The van der Waals surface area contributed by atoms with Crippen molar-refractivity contribution in [3.8, 4) is 0 Å². The van der Waals surface area contributed by atoms with Crippen LogP contribution in [0.4, 0.5) is 8.78 Å². The highest BCUT2D eigenvalue weighted by atomic mass is 32.2. The van der Waals surface area contributed by atoms with Gasteiger partial charge in [-0.3, -0.25) is 9.59 Å². The molecule has 0 N–H and O–H groups in total. The van der Waals surface area contributed by atoms with E-state index in [1.807, 2.05) is 0 Å². The summed E-state index contributed by atoms with van der Waals surface area (Å²) in [6.07, 6.45) is 3.64. The molecule has 1 fully saturated rings. The lowest BCUT2D eigenvalue weighted by Gasteiger charge is -2.20. The van der Waals surface area contributed by atoms with E-state index in [0.717, 1.165) is 24.3 Å². The third-order valence-electron chi connectivity index (χ3n) is 6.57. The van der Waals surface area contributed by atoms with E-state index in [4.69, 9.17) is 0 Å². The van der Waals surface area contributed by atoms with Crippen molar-refractivity contribution in [3.63, 3.8) is 0 Å². The molecule has 0 bridgehead atoms. The van der Waals surface area contributed by atoms with E-state index >= 15 is 0 Å². The number of halogens is 2. The number of sulfone groups is 1. The van der Waals surface area contributed by atoms with Crippen molar-refractivity contribution < 1.29 is 22.0 Å². The molecule has 0 radical (unpaired) electrons. The van der Waals surface area contributed by atoms with E-state index in [-0.39, 0.29) is 51.7 Å². The molecule has 7 nitrogen and oxygen atoms in total. The van der Waals surface area contributed by atoms with Gasteiger partial charge in [-0.1, -0.05) is 13.8 Å². The quantitative estimate of drug-likeness (QED) is 0.479. The first kappa shape index (κ1) is 27.7. The van der Waals surface area contributed by atoms with E-state index in [1.165, 1.54) is 31.2 Å². The molecule has 3 rings (SSSR count). The monoisotopic (exact) mass is 521 g/mol. The van der Waals surface area contributed by atoms with Gasteiger partial charge in [0.15, 0.2) is 9.84 Å². The number of nitrogens with zero attached hydrogens (tertiary/aromatic N) is 3. The van der Waals surface area contributed by atoms with Crippen LogP contribution < -0.4 is 5.56 Å².